The lowest BCUT2D eigenvalue weighted by molar-refractivity contribution is 0.0979. The highest BCUT2D eigenvalue weighted by Crippen LogP contribution is 2.22. The highest BCUT2D eigenvalue weighted by Gasteiger charge is 2.21. The molecule has 3 heterocycles. The van der Waals surface area contributed by atoms with Gasteiger partial charge in [-0.2, -0.15) is 4.39 Å². The van der Waals surface area contributed by atoms with Gasteiger partial charge in [-0.1, -0.05) is 0 Å². The molecule has 0 spiro atoms. The number of halogens is 1. The Bertz CT molecular complexity index is 865. The highest BCUT2D eigenvalue weighted by atomic mass is 19.1. The van der Waals surface area contributed by atoms with Gasteiger partial charge in [0.25, 0.3) is 5.91 Å². The largest absolute Gasteiger partial charge is 0.424 e. The number of imidazole rings is 1. The van der Waals surface area contributed by atoms with Crippen molar-refractivity contribution in [1.82, 2.24) is 19.5 Å². The minimum absolute atomic E-state index is 0.207. The van der Waals surface area contributed by atoms with Gasteiger partial charge in [0.05, 0.1) is 24.3 Å². The van der Waals surface area contributed by atoms with Crippen LogP contribution < -0.4 is 9.64 Å². The fourth-order valence-electron chi connectivity index (χ4n) is 2.31. The molecule has 0 aliphatic heterocycles. The maximum atomic E-state index is 12.9. The van der Waals surface area contributed by atoms with E-state index in [1.807, 2.05) is 13.0 Å². The number of amides is 1. The fraction of sp³-hybridized carbons (Fsp3) is 0.176. The number of rotatable bonds is 5. The maximum Gasteiger partial charge on any atom is 0.302 e. The number of nitrogens with zero attached hydrogens (tertiary/aromatic N) is 5. The van der Waals surface area contributed by atoms with Crippen molar-refractivity contribution in [2.45, 2.75) is 6.92 Å². The van der Waals surface area contributed by atoms with Gasteiger partial charge in [0, 0.05) is 19.8 Å². The SMILES string of the molecule is CCN(C(=O)c1cnc(Oc2ccc(F)nc2)n1C)c1cccnc1. The molecule has 0 unspecified atom stereocenters. The Labute approximate surface area is 143 Å². The lowest BCUT2D eigenvalue weighted by Crippen LogP contribution is -2.32. The summed E-state index contributed by atoms with van der Waals surface area (Å²) in [7, 11) is 1.67. The third kappa shape index (κ3) is 3.47. The van der Waals surface area contributed by atoms with Gasteiger partial charge in [0.2, 0.25) is 5.95 Å². The van der Waals surface area contributed by atoms with Gasteiger partial charge in [-0.25, -0.2) is 9.97 Å². The molecule has 1 amide bonds. The molecule has 3 rings (SSSR count). The van der Waals surface area contributed by atoms with Crippen molar-refractivity contribution in [2.75, 3.05) is 11.4 Å². The summed E-state index contributed by atoms with van der Waals surface area (Å²) < 4.78 is 19.9. The molecule has 25 heavy (non-hydrogen) atoms. The van der Waals surface area contributed by atoms with E-state index in [0.717, 1.165) is 0 Å². The first-order chi connectivity index (χ1) is 12.1. The van der Waals surface area contributed by atoms with Crippen molar-refractivity contribution in [1.29, 1.82) is 0 Å². The molecule has 0 aliphatic carbocycles. The first-order valence-corrected chi connectivity index (χ1v) is 7.63. The summed E-state index contributed by atoms with van der Waals surface area (Å²) >= 11 is 0. The Kier molecular flexibility index (Phi) is 4.69. The minimum atomic E-state index is -0.599. The molecule has 0 saturated carbocycles. The zero-order valence-electron chi connectivity index (χ0n) is 13.8. The predicted octanol–water partition coefficient (Wildman–Crippen LogP) is 2.81. The number of hydrogen-bond acceptors (Lipinski definition) is 5. The van der Waals surface area contributed by atoms with Gasteiger partial charge in [0.15, 0.2) is 0 Å². The molecule has 3 aromatic heterocycles. The second kappa shape index (κ2) is 7.08. The Morgan fingerprint density at radius 3 is 2.72 bits per heavy atom. The van der Waals surface area contributed by atoms with Crippen LogP contribution in [0.3, 0.4) is 0 Å². The number of ether oxygens (including phenoxy) is 1. The van der Waals surface area contributed by atoms with E-state index in [9.17, 15) is 9.18 Å². The maximum absolute atomic E-state index is 12.9. The molecular weight excluding hydrogens is 325 g/mol. The lowest BCUT2D eigenvalue weighted by atomic mass is 10.3. The summed E-state index contributed by atoms with van der Waals surface area (Å²) in [5.74, 6) is -0.496. The lowest BCUT2D eigenvalue weighted by Gasteiger charge is -2.20. The zero-order chi connectivity index (χ0) is 17.8. The van der Waals surface area contributed by atoms with Crippen LogP contribution in [0.5, 0.6) is 11.8 Å². The van der Waals surface area contributed by atoms with Crippen LogP contribution in [0.15, 0.2) is 49.1 Å². The molecule has 0 N–H and O–H groups in total. The number of carbonyl (C=O) groups is 1. The predicted molar refractivity (Wildman–Crippen MR) is 89.1 cm³/mol. The van der Waals surface area contributed by atoms with Crippen molar-refractivity contribution in [3.8, 4) is 11.8 Å². The summed E-state index contributed by atoms with van der Waals surface area (Å²) in [6.07, 6.45) is 5.96. The van der Waals surface area contributed by atoms with Crippen molar-refractivity contribution in [3.05, 3.63) is 60.7 Å². The van der Waals surface area contributed by atoms with Crippen LogP contribution in [0.1, 0.15) is 17.4 Å². The van der Waals surface area contributed by atoms with E-state index in [1.165, 1.54) is 29.1 Å². The second-order valence-electron chi connectivity index (χ2n) is 5.16. The first-order valence-electron chi connectivity index (χ1n) is 7.63. The minimum Gasteiger partial charge on any atom is -0.424 e. The average molecular weight is 341 g/mol. The zero-order valence-corrected chi connectivity index (χ0v) is 13.8. The number of carbonyl (C=O) groups excluding carboxylic acids is 1. The van der Waals surface area contributed by atoms with Crippen molar-refractivity contribution < 1.29 is 13.9 Å². The quantitative estimate of drug-likeness (QED) is 0.667. The van der Waals surface area contributed by atoms with E-state index in [2.05, 4.69) is 15.0 Å². The van der Waals surface area contributed by atoms with Gasteiger partial charge in [-0.15, -0.1) is 0 Å². The molecule has 3 aromatic rings. The van der Waals surface area contributed by atoms with E-state index in [-0.39, 0.29) is 11.9 Å². The third-order valence-corrected chi connectivity index (χ3v) is 3.59. The number of pyridine rings is 2. The summed E-state index contributed by atoms with van der Waals surface area (Å²) in [5, 5.41) is 0. The number of aromatic nitrogens is 4. The normalized spacial score (nSPS) is 10.5. The molecule has 0 fully saturated rings. The molecule has 0 saturated heterocycles. The van der Waals surface area contributed by atoms with Crippen LogP contribution in [0, 0.1) is 5.95 Å². The fourth-order valence-corrected chi connectivity index (χ4v) is 2.31. The van der Waals surface area contributed by atoms with Crippen LogP contribution in [0.4, 0.5) is 10.1 Å². The standard InChI is InChI=1S/C17H16FN5O2/c1-3-23(12-5-4-8-19-9-12)16(24)14-11-21-17(22(14)2)25-13-6-7-15(18)20-10-13/h4-11H,3H2,1-2H3. The van der Waals surface area contributed by atoms with Crippen LogP contribution in [-0.4, -0.2) is 32.0 Å². The van der Waals surface area contributed by atoms with E-state index < -0.39 is 5.95 Å². The number of hydrogen-bond donors (Lipinski definition) is 0. The first kappa shape index (κ1) is 16.6. The molecule has 0 bridgehead atoms. The van der Waals surface area contributed by atoms with Crippen LogP contribution in [-0.2, 0) is 7.05 Å². The van der Waals surface area contributed by atoms with Gasteiger partial charge < -0.3 is 9.64 Å². The van der Waals surface area contributed by atoms with Gasteiger partial charge in [-0.3, -0.25) is 14.3 Å². The topological polar surface area (TPSA) is 73.1 Å². The van der Waals surface area contributed by atoms with Crippen molar-refractivity contribution in [2.24, 2.45) is 7.05 Å². The summed E-state index contributed by atoms with van der Waals surface area (Å²) in [6, 6.07) is 6.41. The number of anilines is 1. The van der Waals surface area contributed by atoms with E-state index in [1.54, 1.807) is 30.4 Å². The summed E-state index contributed by atoms with van der Waals surface area (Å²) in [6.45, 7) is 2.36. The van der Waals surface area contributed by atoms with Gasteiger partial charge in [0.1, 0.15) is 11.4 Å². The summed E-state index contributed by atoms with van der Waals surface area (Å²) in [4.78, 5) is 26.1. The molecule has 128 valence electrons. The molecular formula is C17H16FN5O2. The molecule has 0 radical (unpaired) electrons. The third-order valence-electron chi connectivity index (χ3n) is 3.59. The van der Waals surface area contributed by atoms with Crippen molar-refractivity contribution in [3.63, 3.8) is 0 Å². The smallest absolute Gasteiger partial charge is 0.302 e. The van der Waals surface area contributed by atoms with E-state index >= 15 is 0 Å². The van der Waals surface area contributed by atoms with Gasteiger partial charge >= 0.3 is 6.01 Å². The second-order valence-corrected chi connectivity index (χ2v) is 5.16. The van der Waals surface area contributed by atoms with Gasteiger partial charge in [-0.05, 0) is 31.2 Å². The van der Waals surface area contributed by atoms with Crippen LogP contribution >= 0.6 is 0 Å². The Morgan fingerprint density at radius 2 is 2.08 bits per heavy atom. The Balaban J connectivity index is 1.84. The molecule has 0 aliphatic rings. The van der Waals surface area contributed by atoms with Crippen LogP contribution in [0.2, 0.25) is 0 Å². The summed E-state index contributed by atoms with van der Waals surface area (Å²) in [5.41, 5.74) is 1.05. The van der Waals surface area contributed by atoms with Crippen molar-refractivity contribution >= 4 is 11.6 Å². The monoisotopic (exact) mass is 341 g/mol. The molecule has 0 aromatic carbocycles. The molecule has 7 nitrogen and oxygen atoms in total. The van der Waals surface area contributed by atoms with E-state index in [0.29, 0.717) is 23.7 Å². The molecule has 8 heteroatoms. The van der Waals surface area contributed by atoms with Crippen LogP contribution in [0.25, 0.3) is 0 Å². The Hall–Kier alpha value is -3.29. The Morgan fingerprint density at radius 1 is 1.24 bits per heavy atom. The molecule has 0 atom stereocenters. The average Bonchev–Trinajstić information content (AvgIpc) is 2.99. The van der Waals surface area contributed by atoms with E-state index in [4.69, 9.17) is 4.74 Å². The highest BCUT2D eigenvalue weighted by molar-refractivity contribution is 6.04.